The third-order valence-corrected chi connectivity index (χ3v) is 13.9. The normalized spacial score (nSPS) is 16.0. The van der Waals surface area contributed by atoms with Crippen molar-refractivity contribution in [1.29, 1.82) is 0 Å². The average molecular weight is 1400 g/mol. The highest BCUT2D eigenvalue weighted by atomic mass is 32.1. The molecule has 12 rings (SSSR count). The average Bonchev–Trinajstić information content (AvgIpc) is 3.08. The van der Waals surface area contributed by atoms with E-state index in [0.717, 1.165) is 102 Å². The van der Waals surface area contributed by atoms with E-state index in [1.807, 2.05) is 238 Å². The Balaban J connectivity index is -0.000000223. The van der Waals surface area contributed by atoms with Crippen LogP contribution in [-0.4, -0.2) is 105 Å². The third kappa shape index (κ3) is 41.9. The van der Waals surface area contributed by atoms with Crippen LogP contribution in [0, 0.1) is 5.92 Å². The van der Waals surface area contributed by atoms with Crippen molar-refractivity contribution < 1.29 is 71.1 Å². The van der Waals surface area contributed by atoms with Crippen LogP contribution >= 0.6 is 68.0 Å². The van der Waals surface area contributed by atoms with E-state index < -0.39 is 0 Å². The summed E-state index contributed by atoms with van der Waals surface area (Å²) in [6.45, 7) is 59.4. The second-order valence-corrected chi connectivity index (χ2v) is 19.6. The molecule has 12 heterocycles. The fourth-order valence-corrected chi connectivity index (χ4v) is 10.1. The molecule has 0 saturated carbocycles. The maximum atomic E-state index is 5.58. The van der Waals surface area contributed by atoms with Crippen molar-refractivity contribution in [3.63, 3.8) is 0 Å². The van der Waals surface area contributed by atoms with Crippen LogP contribution in [0.5, 0.6) is 69.0 Å². The molecule has 6 aromatic rings. The van der Waals surface area contributed by atoms with E-state index in [1.54, 1.807) is 89.4 Å². The predicted molar refractivity (Wildman–Crippen MR) is 398 cm³/mol. The Hall–Kier alpha value is -4.32. The smallest absolute Gasteiger partial charge is 0.234 e. The van der Waals surface area contributed by atoms with Crippen LogP contribution in [-0.2, 0) is 14.2 Å². The zero-order valence-corrected chi connectivity index (χ0v) is 66.9. The van der Waals surface area contributed by atoms with Gasteiger partial charge in [0, 0.05) is 105 Å². The molecular weight excluding hydrogens is 1270 g/mol. The minimum absolute atomic E-state index is 0.0439. The molecule has 0 amide bonds. The van der Waals surface area contributed by atoms with Crippen LogP contribution < -0.4 is 56.8 Å². The second-order valence-electron chi connectivity index (χ2n) is 15.1. The van der Waals surface area contributed by atoms with E-state index in [1.165, 1.54) is 0 Å². The van der Waals surface area contributed by atoms with Crippen LogP contribution in [0.15, 0.2) is 64.6 Å². The molecule has 15 nitrogen and oxygen atoms in total. The van der Waals surface area contributed by atoms with Gasteiger partial charge >= 0.3 is 0 Å². The monoisotopic (exact) mass is 1400 g/mol. The van der Waals surface area contributed by atoms with Crippen LogP contribution in [0.4, 0.5) is 0 Å². The molecule has 6 aliphatic rings. The Morgan fingerprint density at radius 1 is 0.264 bits per heavy atom. The first kappa shape index (κ1) is 97.8. The maximum absolute atomic E-state index is 5.58. The van der Waals surface area contributed by atoms with Crippen molar-refractivity contribution in [2.45, 2.75) is 231 Å². The van der Waals surface area contributed by atoms with Gasteiger partial charge in [-0.25, -0.2) is 0 Å². The Labute approximate surface area is 579 Å². The van der Waals surface area contributed by atoms with Crippen molar-refractivity contribution in [2.75, 3.05) is 74.2 Å². The number of rotatable bonds is 3. The third-order valence-electron chi connectivity index (χ3n) is 9.73. The van der Waals surface area contributed by atoms with Gasteiger partial charge in [-0.05, 0) is 13.8 Å². The lowest BCUT2D eigenvalue weighted by Crippen LogP contribution is -2.29. The summed E-state index contributed by atoms with van der Waals surface area (Å²) in [6.07, 6.45) is 1.85. The summed E-state index contributed by atoms with van der Waals surface area (Å²) >= 11 is 9.56. The Kier molecular flexibility index (Phi) is 76.8. The summed E-state index contributed by atoms with van der Waals surface area (Å²) in [7, 11) is 4.91. The van der Waals surface area contributed by atoms with Gasteiger partial charge in [-0.1, -0.05) is 173 Å². The summed E-state index contributed by atoms with van der Waals surface area (Å²) in [5.74, 6) is 10.8. The lowest BCUT2D eigenvalue weighted by atomic mass is 10.2. The van der Waals surface area contributed by atoms with Gasteiger partial charge in [-0.2, -0.15) is 0 Å². The number of thiophene rings is 6. The molecule has 0 fully saturated rings. The van der Waals surface area contributed by atoms with Gasteiger partial charge in [0.25, 0.3) is 0 Å². The largest absolute Gasteiger partial charge is 0.489 e. The van der Waals surface area contributed by atoms with Crippen molar-refractivity contribution in [3.8, 4) is 69.0 Å². The molecule has 0 bridgehead atoms. The van der Waals surface area contributed by atoms with Crippen LogP contribution in [0.2, 0.25) is 0 Å². The SMILES string of the molecule is CC.CC.CC.CC.CC.CC.CC.CC.CC.CC.CC.CC.CC1CCOc2cscc2O1.CC1COc2cscc2O1.CC1COc2cscc2OC1.COC1CCOc2cscc2O1.COC1COc2cscc2O1.COC1COc2cscc2OC1. The Bertz CT molecular complexity index is 2260. The predicted octanol–water partition coefficient (Wildman–Crippen LogP) is 23.6. The number of hydrogen-bond acceptors (Lipinski definition) is 21. The quantitative estimate of drug-likeness (QED) is 0.166. The molecule has 0 aromatic carbocycles. The highest BCUT2D eigenvalue weighted by Crippen LogP contribution is 2.39. The number of methoxy groups -OCH3 is 3. The zero-order valence-electron chi connectivity index (χ0n) is 62.0. The summed E-state index contributed by atoms with van der Waals surface area (Å²) in [4.78, 5) is 0. The van der Waals surface area contributed by atoms with Crippen molar-refractivity contribution in [3.05, 3.63) is 64.6 Å². The molecule has 21 heteroatoms. The van der Waals surface area contributed by atoms with E-state index in [9.17, 15) is 0 Å². The minimum Gasteiger partial charge on any atom is -0.489 e. The van der Waals surface area contributed by atoms with E-state index >= 15 is 0 Å². The highest BCUT2D eigenvalue weighted by Gasteiger charge is 2.22. The molecule has 0 aliphatic carbocycles. The molecule has 4 unspecified atom stereocenters. The molecule has 534 valence electrons. The van der Waals surface area contributed by atoms with Crippen molar-refractivity contribution in [2.24, 2.45) is 5.92 Å². The highest BCUT2D eigenvalue weighted by molar-refractivity contribution is 7.09. The van der Waals surface area contributed by atoms with E-state index in [-0.39, 0.29) is 30.9 Å². The fraction of sp³-hybridized carbons (Fsp3) is 0.657. The first-order valence-corrected chi connectivity index (χ1v) is 39.1. The van der Waals surface area contributed by atoms with Gasteiger partial charge in [0.1, 0.15) is 32.0 Å². The van der Waals surface area contributed by atoms with Crippen molar-refractivity contribution >= 4 is 68.0 Å². The number of hydrogen-bond donors (Lipinski definition) is 0. The fourth-order valence-electron chi connectivity index (χ4n) is 6.04. The summed E-state index contributed by atoms with van der Waals surface area (Å²) in [5.41, 5.74) is 0. The topological polar surface area (TPSA) is 138 Å². The second kappa shape index (κ2) is 71.5. The van der Waals surface area contributed by atoms with Gasteiger partial charge in [-0.15, -0.1) is 68.0 Å². The first-order chi connectivity index (χ1) is 44.8. The molecule has 0 N–H and O–H groups in total. The molecule has 91 heavy (non-hydrogen) atoms. The Morgan fingerprint density at radius 2 is 0.516 bits per heavy atom. The summed E-state index contributed by atoms with van der Waals surface area (Å²) in [5, 5.41) is 23.4. The molecule has 0 spiro atoms. The van der Waals surface area contributed by atoms with E-state index in [4.69, 9.17) is 71.1 Å². The number of fused-ring (bicyclic) bond motifs is 6. The van der Waals surface area contributed by atoms with Crippen LogP contribution in [0.25, 0.3) is 0 Å². The summed E-state index contributed by atoms with van der Waals surface area (Å²) < 4.78 is 80.6. The maximum Gasteiger partial charge on any atom is 0.234 e. The summed E-state index contributed by atoms with van der Waals surface area (Å²) in [6, 6.07) is 0. The van der Waals surface area contributed by atoms with Gasteiger partial charge in [0.05, 0.1) is 32.5 Å². The van der Waals surface area contributed by atoms with E-state index in [0.29, 0.717) is 39.0 Å². The number of ether oxygens (including phenoxy) is 15. The van der Waals surface area contributed by atoms with Crippen LogP contribution in [0.3, 0.4) is 0 Å². The van der Waals surface area contributed by atoms with Gasteiger partial charge in [0.2, 0.25) is 12.6 Å². The standard InChI is InChI=1S/2C8H10O3S.2C8H10O2S.C7H8O3S.C7H8O2S.12C2H6/c1-9-6-2-10-7-4-12-5-8(7)11-3-6;1-9-8-2-3-10-6-4-12-5-7(6)11-8;1-6-2-9-7-4-11-5-8(7)10-3-6;1-6-2-3-9-7-4-11-5-8(7)10-6;1-8-7-2-9-5-3-11-4-6(5)10-7;1-5-2-8-6-3-10-4-7(6)9-5;12*1-2/h4-6H,2-3H2,1H3;4-5,8H,2-3H2,1H3;2*4-6H,2-3H2,1H3;3-4,7H,2H2,1H3;3-5H,2H2,1H3;12*1-2H3. The lowest BCUT2D eigenvalue weighted by molar-refractivity contribution is -0.0937. The van der Waals surface area contributed by atoms with Gasteiger partial charge < -0.3 is 71.1 Å². The zero-order chi connectivity index (χ0) is 70.8. The molecule has 4 atom stereocenters. The van der Waals surface area contributed by atoms with Crippen LogP contribution in [0.1, 0.15) is 200 Å². The molecule has 6 aliphatic heterocycles. The lowest BCUT2D eigenvalue weighted by Gasteiger charge is -2.22. The van der Waals surface area contributed by atoms with E-state index in [2.05, 4.69) is 13.8 Å². The Morgan fingerprint density at radius 3 is 0.857 bits per heavy atom. The van der Waals surface area contributed by atoms with Crippen molar-refractivity contribution in [1.82, 2.24) is 0 Å². The molecular formula is C70H128O15S6. The molecule has 6 aromatic heterocycles. The van der Waals surface area contributed by atoms with Gasteiger partial charge in [0.15, 0.2) is 75.6 Å². The molecule has 0 radical (unpaired) electrons. The van der Waals surface area contributed by atoms with Gasteiger partial charge in [-0.3, -0.25) is 0 Å². The molecule has 0 saturated heterocycles. The first-order valence-electron chi connectivity index (χ1n) is 33.4. The minimum atomic E-state index is -0.253.